The summed E-state index contributed by atoms with van der Waals surface area (Å²) in [5.41, 5.74) is 0. The Morgan fingerprint density at radius 3 is 1.09 bits per heavy atom. The molecule has 0 aliphatic carbocycles. The molecule has 0 aliphatic heterocycles. The summed E-state index contributed by atoms with van der Waals surface area (Å²) in [5.74, 6) is 2.25. The summed E-state index contributed by atoms with van der Waals surface area (Å²) in [4.78, 5) is 3.75. The highest BCUT2D eigenvalue weighted by atomic mass is 15.1. The highest BCUT2D eigenvalue weighted by Gasteiger charge is 2.25. The van der Waals surface area contributed by atoms with Crippen LogP contribution in [-0.4, -0.2) is 4.98 Å². The van der Waals surface area contributed by atoms with E-state index in [0.717, 1.165) is 0 Å². The van der Waals surface area contributed by atoms with Crippen LogP contribution in [0.2, 0.25) is 0 Å². The largest absolute Gasteiger partial charge is 0.257 e. The van der Waals surface area contributed by atoms with Crippen LogP contribution in [0.1, 0.15) is 251 Å². The lowest BCUT2D eigenvalue weighted by Gasteiger charge is -2.17. The van der Waals surface area contributed by atoms with Gasteiger partial charge in [-0.2, -0.15) is 0 Å². The number of nitrogens with zero attached hydrogens (tertiary/aromatic N) is 1. The van der Waals surface area contributed by atoms with Crippen molar-refractivity contribution >= 4 is 0 Å². The van der Waals surface area contributed by atoms with Crippen LogP contribution in [0.25, 0.3) is 0 Å². The number of nitrogens with one attached hydrogen (secondary N) is 1. The number of H-pyrrole nitrogens is 1. The average molecular weight is 602 g/mol. The van der Waals surface area contributed by atoms with Gasteiger partial charge in [0.05, 0.1) is 12.0 Å². The van der Waals surface area contributed by atoms with E-state index in [2.05, 4.69) is 49.6 Å². The summed E-state index contributed by atoms with van der Waals surface area (Å²) in [6.45, 7) is 9.42. The van der Waals surface area contributed by atoms with Crippen LogP contribution >= 0.6 is 0 Å². The predicted octanol–water partition coefficient (Wildman–Crippen LogP) is 14.5. The summed E-state index contributed by atoms with van der Waals surface area (Å²) >= 11 is 0. The number of rotatable bonds is 34. The fraction of sp³-hybridized carbons (Fsp3) is 0.927. The quantitative estimate of drug-likeness (QED) is 0.0599. The number of hydrogen-bond donors (Lipinski definition) is 1. The molecule has 254 valence electrons. The minimum absolute atomic E-state index is 0.619. The van der Waals surface area contributed by atoms with Gasteiger partial charge in [0.15, 0.2) is 0 Å². The van der Waals surface area contributed by atoms with E-state index >= 15 is 0 Å². The molecule has 0 radical (unpaired) electrons. The minimum Gasteiger partial charge on any atom is -0.247 e. The second-order valence-corrected chi connectivity index (χ2v) is 14.4. The Balaban J connectivity index is 2.39. The number of aromatic nitrogens is 2. The third kappa shape index (κ3) is 23.2. The third-order valence-corrected chi connectivity index (χ3v) is 10.1. The Hall–Kier alpha value is -0.790. The lowest BCUT2D eigenvalue weighted by Crippen LogP contribution is -2.41. The second kappa shape index (κ2) is 31.2. The molecule has 1 aromatic rings. The molecule has 2 atom stereocenters. The normalized spacial score (nSPS) is 13.1. The van der Waals surface area contributed by atoms with Crippen LogP contribution in [-0.2, 0) is 0 Å². The van der Waals surface area contributed by atoms with Gasteiger partial charge in [0, 0.05) is 0 Å². The predicted molar refractivity (Wildman–Crippen MR) is 193 cm³/mol. The molecule has 0 aromatic carbocycles. The van der Waals surface area contributed by atoms with Crippen molar-refractivity contribution in [3.05, 3.63) is 18.2 Å². The standard InChI is InChI=1S/C41H80N2/c1-5-8-11-14-17-19-21-23-26-28-31-34-39(4)43-38-37-42-41(43)40(35-32-29-25-16-13-10-7-3)36-33-30-27-24-22-20-18-15-12-9-6-2/h37-40H,5-36H2,1-4H3/p+1. The number of unbranched alkanes of at least 4 members (excludes halogenated alkanes) is 26. The Morgan fingerprint density at radius 2 is 0.744 bits per heavy atom. The van der Waals surface area contributed by atoms with Crippen LogP contribution in [0, 0.1) is 0 Å². The van der Waals surface area contributed by atoms with E-state index in [0.29, 0.717) is 12.0 Å². The van der Waals surface area contributed by atoms with Gasteiger partial charge in [-0.3, -0.25) is 0 Å². The van der Waals surface area contributed by atoms with Crippen molar-refractivity contribution in [2.75, 3.05) is 0 Å². The van der Waals surface area contributed by atoms with Crippen molar-refractivity contribution in [2.24, 2.45) is 0 Å². The van der Waals surface area contributed by atoms with Gasteiger partial charge >= 0.3 is 0 Å². The van der Waals surface area contributed by atoms with Crippen LogP contribution in [0.4, 0.5) is 0 Å². The summed E-state index contributed by atoms with van der Waals surface area (Å²) in [5, 5.41) is 0. The first-order valence-electron chi connectivity index (χ1n) is 20.3. The summed E-state index contributed by atoms with van der Waals surface area (Å²) in [6, 6.07) is 0.619. The first-order valence-corrected chi connectivity index (χ1v) is 20.3. The Morgan fingerprint density at radius 1 is 0.442 bits per heavy atom. The molecule has 0 fully saturated rings. The molecule has 0 aliphatic rings. The molecule has 1 rings (SSSR count). The average Bonchev–Trinajstić information content (AvgIpc) is 3.51. The van der Waals surface area contributed by atoms with Crippen LogP contribution in [0.3, 0.4) is 0 Å². The molecule has 2 nitrogen and oxygen atoms in total. The Labute approximate surface area is 272 Å². The molecule has 0 saturated carbocycles. The highest BCUT2D eigenvalue weighted by Crippen LogP contribution is 2.27. The summed E-state index contributed by atoms with van der Waals surface area (Å²) < 4.78 is 2.64. The summed E-state index contributed by atoms with van der Waals surface area (Å²) in [7, 11) is 0. The molecular weight excluding hydrogens is 520 g/mol. The van der Waals surface area contributed by atoms with Gasteiger partial charge in [-0.1, -0.05) is 201 Å². The highest BCUT2D eigenvalue weighted by molar-refractivity contribution is 4.90. The SMILES string of the molecule is CCCCCCCCCCCCCC(CCCCCCCCC)c1[nH]cc[n+]1C(C)CCCCCCCCCCCCC. The maximum Gasteiger partial charge on any atom is 0.257 e. The van der Waals surface area contributed by atoms with Crippen molar-refractivity contribution in [3.8, 4) is 0 Å². The fourth-order valence-corrected chi connectivity index (χ4v) is 7.13. The van der Waals surface area contributed by atoms with Crippen molar-refractivity contribution in [1.82, 2.24) is 4.98 Å². The number of aromatic amines is 1. The monoisotopic (exact) mass is 602 g/mol. The molecule has 1 aromatic heterocycles. The second-order valence-electron chi connectivity index (χ2n) is 14.4. The van der Waals surface area contributed by atoms with E-state index in [1.807, 2.05) is 0 Å². The number of hydrogen-bond acceptors (Lipinski definition) is 0. The van der Waals surface area contributed by atoms with Gasteiger partial charge in [-0.15, -0.1) is 0 Å². The van der Waals surface area contributed by atoms with Gasteiger partial charge in [-0.05, 0) is 32.6 Å². The van der Waals surface area contributed by atoms with Gasteiger partial charge in [-0.25, -0.2) is 9.55 Å². The zero-order valence-corrected chi connectivity index (χ0v) is 30.4. The lowest BCUT2D eigenvalue weighted by molar-refractivity contribution is -0.727. The smallest absolute Gasteiger partial charge is 0.247 e. The van der Waals surface area contributed by atoms with Gasteiger partial charge < -0.3 is 0 Å². The molecule has 0 bridgehead atoms. The molecule has 1 heterocycles. The first-order chi connectivity index (χ1) is 21.2. The van der Waals surface area contributed by atoms with E-state index in [1.165, 1.54) is 211 Å². The minimum atomic E-state index is 0.619. The summed E-state index contributed by atoms with van der Waals surface area (Å²) in [6.07, 6.45) is 50.2. The fourth-order valence-electron chi connectivity index (χ4n) is 7.13. The van der Waals surface area contributed by atoms with Crippen molar-refractivity contribution in [2.45, 2.75) is 245 Å². The molecule has 0 saturated heterocycles. The Bertz CT molecular complexity index is 664. The molecule has 2 unspecified atom stereocenters. The third-order valence-electron chi connectivity index (χ3n) is 10.1. The maximum absolute atomic E-state index is 3.75. The van der Waals surface area contributed by atoms with Gasteiger partial charge in [0.25, 0.3) is 5.82 Å². The van der Waals surface area contributed by atoms with E-state index in [1.54, 1.807) is 0 Å². The topological polar surface area (TPSA) is 19.7 Å². The van der Waals surface area contributed by atoms with E-state index in [9.17, 15) is 0 Å². The van der Waals surface area contributed by atoms with Gasteiger partial charge in [0.1, 0.15) is 12.4 Å². The number of imidazole rings is 1. The van der Waals surface area contributed by atoms with E-state index in [4.69, 9.17) is 0 Å². The molecule has 0 amide bonds. The van der Waals surface area contributed by atoms with Crippen LogP contribution in [0.5, 0.6) is 0 Å². The Kier molecular flexibility index (Phi) is 29.2. The molecule has 0 spiro atoms. The van der Waals surface area contributed by atoms with Crippen molar-refractivity contribution in [1.29, 1.82) is 0 Å². The van der Waals surface area contributed by atoms with E-state index in [-0.39, 0.29) is 0 Å². The molecular formula is C41H81N2+. The molecule has 43 heavy (non-hydrogen) atoms. The zero-order valence-electron chi connectivity index (χ0n) is 30.4. The van der Waals surface area contributed by atoms with Crippen LogP contribution in [0.15, 0.2) is 12.4 Å². The molecule has 1 N–H and O–H groups in total. The lowest BCUT2D eigenvalue weighted by atomic mass is 9.92. The van der Waals surface area contributed by atoms with Crippen LogP contribution < -0.4 is 4.57 Å². The zero-order chi connectivity index (χ0) is 31.1. The van der Waals surface area contributed by atoms with Crippen molar-refractivity contribution in [3.63, 3.8) is 0 Å². The van der Waals surface area contributed by atoms with Crippen molar-refractivity contribution < 1.29 is 4.57 Å². The van der Waals surface area contributed by atoms with E-state index < -0.39 is 0 Å². The van der Waals surface area contributed by atoms with Gasteiger partial charge in [0.2, 0.25) is 0 Å². The maximum atomic E-state index is 3.75. The molecule has 2 heteroatoms. The first kappa shape index (κ1) is 40.2.